The van der Waals surface area contributed by atoms with Crippen LogP contribution in [-0.2, 0) is 13.1 Å². The van der Waals surface area contributed by atoms with Crippen LogP contribution < -0.4 is 5.32 Å². The molecule has 0 aliphatic rings. The van der Waals surface area contributed by atoms with Crippen LogP contribution in [0.1, 0.15) is 12.7 Å². The number of benzene rings is 1. The fourth-order valence-corrected chi connectivity index (χ4v) is 1.95. The fourth-order valence-electron chi connectivity index (χ4n) is 1.78. The SMILES string of the molecule is CCn1ccnc1CNc1cc(Cl)ccc1[N+](=O)[O-]. The second-order valence-corrected chi connectivity index (χ2v) is 4.34. The van der Waals surface area contributed by atoms with E-state index < -0.39 is 4.92 Å². The van der Waals surface area contributed by atoms with Gasteiger partial charge >= 0.3 is 0 Å². The normalized spacial score (nSPS) is 10.4. The molecule has 1 aromatic heterocycles. The number of nitrogens with zero attached hydrogens (tertiary/aromatic N) is 3. The smallest absolute Gasteiger partial charge is 0.292 e. The average Bonchev–Trinajstić information content (AvgIpc) is 2.83. The first-order chi connectivity index (χ1) is 9.11. The summed E-state index contributed by atoms with van der Waals surface area (Å²) in [4.78, 5) is 14.7. The zero-order chi connectivity index (χ0) is 13.8. The molecule has 0 saturated carbocycles. The number of nitrogens with one attached hydrogen (secondary N) is 1. The molecule has 7 heteroatoms. The third kappa shape index (κ3) is 3.03. The number of aryl methyl sites for hydroxylation is 1. The van der Waals surface area contributed by atoms with Crippen molar-refractivity contribution in [1.82, 2.24) is 9.55 Å². The van der Waals surface area contributed by atoms with Crippen molar-refractivity contribution in [1.29, 1.82) is 0 Å². The number of nitro benzene ring substituents is 1. The largest absolute Gasteiger partial charge is 0.372 e. The molecule has 1 heterocycles. The highest BCUT2D eigenvalue weighted by atomic mass is 35.5. The van der Waals surface area contributed by atoms with Crippen molar-refractivity contribution in [2.75, 3.05) is 5.32 Å². The topological polar surface area (TPSA) is 73.0 Å². The van der Waals surface area contributed by atoms with Gasteiger partial charge in [-0.05, 0) is 19.1 Å². The molecule has 0 aliphatic heterocycles. The summed E-state index contributed by atoms with van der Waals surface area (Å²) in [7, 11) is 0. The molecule has 0 fully saturated rings. The van der Waals surface area contributed by atoms with Crippen LogP contribution in [0.3, 0.4) is 0 Å². The van der Waals surface area contributed by atoms with Gasteiger partial charge in [-0.15, -0.1) is 0 Å². The lowest BCUT2D eigenvalue weighted by Crippen LogP contribution is -2.08. The molecule has 1 aromatic carbocycles. The van der Waals surface area contributed by atoms with E-state index >= 15 is 0 Å². The van der Waals surface area contributed by atoms with Gasteiger partial charge in [0.15, 0.2) is 0 Å². The molecule has 0 atom stereocenters. The van der Waals surface area contributed by atoms with Gasteiger partial charge < -0.3 is 9.88 Å². The Balaban J connectivity index is 2.19. The van der Waals surface area contributed by atoms with Gasteiger partial charge in [-0.2, -0.15) is 0 Å². The first-order valence-corrected chi connectivity index (χ1v) is 6.17. The molecule has 0 spiro atoms. The highest BCUT2D eigenvalue weighted by Gasteiger charge is 2.14. The third-order valence-corrected chi connectivity index (χ3v) is 2.97. The molecule has 19 heavy (non-hydrogen) atoms. The number of anilines is 1. The van der Waals surface area contributed by atoms with E-state index in [0.29, 0.717) is 17.3 Å². The highest BCUT2D eigenvalue weighted by molar-refractivity contribution is 6.31. The minimum absolute atomic E-state index is 0.000922. The molecule has 0 bridgehead atoms. The molecule has 2 aromatic rings. The maximum Gasteiger partial charge on any atom is 0.292 e. The predicted molar refractivity (Wildman–Crippen MR) is 73.3 cm³/mol. The summed E-state index contributed by atoms with van der Waals surface area (Å²) in [6.07, 6.45) is 3.57. The molecule has 0 unspecified atom stereocenters. The van der Waals surface area contributed by atoms with Crippen molar-refractivity contribution in [3.63, 3.8) is 0 Å². The average molecular weight is 281 g/mol. The van der Waals surface area contributed by atoms with Crippen molar-refractivity contribution in [3.05, 3.63) is 51.6 Å². The van der Waals surface area contributed by atoms with E-state index in [4.69, 9.17) is 11.6 Å². The van der Waals surface area contributed by atoms with Crippen LogP contribution in [0, 0.1) is 10.1 Å². The van der Waals surface area contributed by atoms with Crippen molar-refractivity contribution < 1.29 is 4.92 Å². The van der Waals surface area contributed by atoms with Gasteiger partial charge in [-0.1, -0.05) is 11.6 Å². The van der Waals surface area contributed by atoms with Gasteiger partial charge in [0, 0.05) is 30.0 Å². The zero-order valence-corrected chi connectivity index (χ0v) is 11.1. The molecule has 1 N–H and O–H groups in total. The van der Waals surface area contributed by atoms with Gasteiger partial charge in [-0.3, -0.25) is 10.1 Å². The Kier molecular flexibility index (Phi) is 4.01. The Bertz CT molecular complexity index is 597. The number of halogens is 1. The van der Waals surface area contributed by atoms with Crippen LogP contribution in [0.4, 0.5) is 11.4 Å². The summed E-state index contributed by atoms with van der Waals surface area (Å²) < 4.78 is 1.96. The first-order valence-electron chi connectivity index (χ1n) is 5.79. The molecule has 100 valence electrons. The Morgan fingerprint density at radius 1 is 1.53 bits per heavy atom. The summed E-state index contributed by atoms with van der Waals surface area (Å²) in [6.45, 7) is 3.21. The minimum atomic E-state index is -0.440. The number of hydrogen-bond acceptors (Lipinski definition) is 4. The lowest BCUT2D eigenvalue weighted by Gasteiger charge is -2.08. The van der Waals surface area contributed by atoms with Crippen LogP contribution in [0.2, 0.25) is 5.02 Å². The Hall–Kier alpha value is -2.08. The maximum absolute atomic E-state index is 10.9. The van der Waals surface area contributed by atoms with Crippen molar-refractivity contribution in [2.45, 2.75) is 20.0 Å². The Morgan fingerprint density at radius 2 is 2.32 bits per heavy atom. The second-order valence-electron chi connectivity index (χ2n) is 3.90. The molecular formula is C12H13ClN4O2. The lowest BCUT2D eigenvalue weighted by atomic mass is 10.2. The number of aromatic nitrogens is 2. The van der Waals surface area contributed by atoms with Crippen LogP contribution in [0.5, 0.6) is 0 Å². The van der Waals surface area contributed by atoms with Gasteiger partial charge in [-0.25, -0.2) is 4.98 Å². The second kappa shape index (κ2) is 5.71. The zero-order valence-electron chi connectivity index (χ0n) is 10.3. The van der Waals surface area contributed by atoms with Gasteiger partial charge in [0.25, 0.3) is 5.69 Å². The Labute approximate surface area is 115 Å². The summed E-state index contributed by atoms with van der Waals surface area (Å²) in [6, 6.07) is 4.42. The Morgan fingerprint density at radius 3 is 3.00 bits per heavy atom. The van der Waals surface area contributed by atoms with Crippen LogP contribution in [0.15, 0.2) is 30.6 Å². The summed E-state index contributed by atoms with van der Waals surface area (Å²) >= 11 is 5.86. The minimum Gasteiger partial charge on any atom is -0.372 e. The number of hydrogen-bond donors (Lipinski definition) is 1. The van der Waals surface area contributed by atoms with Gasteiger partial charge in [0.1, 0.15) is 11.5 Å². The lowest BCUT2D eigenvalue weighted by molar-refractivity contribution is -0.384. The van der Waals surface area contributed by atoms with E-state index in [9.17, 15) is 10.1 Å². The van der Waals surface area contributed by atoms with Crippen LogP contribution in [0.25, 0.3) is 0 Å². The summed E-state index contributed by atoms with van der Waals surface area (Å²) in [5.41, 5.74) is 0.391. The van der Waals surface area contributed by atoms with E-state index in [1.165, 1.54) is 12.1 Å². The predicted octanol–water partition coefficient (Wildman–Crippen LogP) is 3.08. The van der Waals surface area contributed by atoms with E-state index in [-0.39, 0.29) is 5.69 Å². The van der Waals surface area contributed by atoms with E-state index in [1.807, 2.05) is 17.7 Å². The van der Waals surface area contributed by atoms with E-state index in [1.54, 1.807) is 12.3 Å². The molecule has 0 aliphatic carbocycles. The van der Waals surface area contributed by atoms with Gasteiger partial charge in [0.2, 0.25) is 0 Å². The molecule has 6 nitrogen and oxygen atoms in total. The van der Waals surface area contributed by atoms with E-state index in [2.05, 4.69) is 10.3 Å². The number of imidazole rings is 1. The molecule has 0 radical (unpaired) electrons. The van der Waals surface area contributed by atoms with Crippen molar-refractivity contribution in [2.24, 2.45) is 0 Å². The monoisotopic (exact) mass is 280 g/mol. The van der Waals surface area contributed by atoms with Crippen LogP contribution in [-0.4, -0.2) is 14.5 Å². The molecule has 2 rings (SSSR count). The van der Waals surface area contributed by atoms with E-state index in [0.717, 1.165) is 12.4 Å². The third-order valence-electron chi connectivity index (χ3n) is 2.73. The fraction of sp³-hybridized carbons (Fsp3) is 0.250. The molecular weight excluding hydrogens is 268 g/mol. The quantitative estimate of drug-likeness (QED) is 0.675. The standard InChI is InChI=1S/C12H13ClN4O2/c1-2-16-6-5-14-12(16)8-15-10-7-9(13)3-4-11(10)17(18)19/h3-7,15H,2,8H2,1H3. The molecule has 0 saturated heterocycles. The summed E-state index contributed by atoms with van der Waals surface area (Å²) in [5.74, 6) is 0.816. The van der Waals surface area contributed by atoms with Gasteiger partial charge in [0.05, 0.1) is 11.5 Å². The van der Waals surface area contributed by atoms with Crippen molar-refractivity contribution in [3.8, 4) is 0 Å². The summed E-state index contributed by atoms with van der Waals surface area (Å²) in [5, 5.41) is 14.4. The number of nitro groups is 1. The first kappa shape index (κ1) is 13.4. The maximum atomic E-state index is 10.9. The highest BCUT2D eigenvalue weighted by Crippen LogP contribution is 2.27. The van der Waals surface area contributed by atoms with Crippen molar-refractivity contribution >= 4 is 23.0 Å². The number of rotatable bonds is 5. The molecule has 0 amide bonds. The van der Waals surface area contributed by atoms with Crippen LogP contribution >= 0.6 is 11.6 Å².